The van der Waals surface area contributed by atoms with E-state index in [0.29, 0.717) is 46.5 Å². The maximum atomic E-state index is 13.0. The fourth-order valence-electron chi connectivity index (χ4n) is 3.84. The number of benzene rings is 3. The Morgan fingerprint density at radius 2 is 1.50 bits per heavy atom. The van der Waals surface area contributed by atoms with Crippen LogP contribution in [0.4, 0.5) is 0 Å². The Balaban J connectivity index is 1.61. The minimum absolute atomic E-state index is 0.203. The Labute approximate surface area is 198 Å². The number of methoxy groups -OCH3 is 4. The number of para-hydroxylation sites is 1. The van der Waals surface area contributed by atoms with Crippen LogP contribution < -0.4 is 28.4 Å². The lowest BCUT2D eigenvalue weighted by molar-refractivity contribution is 0.101. The van der Waals surface area contributed by atoms with Crippen LogP contribution >= 0.6 is 0 Å². The molecule has 0 saturated heterocycles. The smallest absolute Gasteiger partial charge is 0.231 e. The topological polar surface area (TPSA) is 72.5 Å². The molecule has 0 atom stereocenters. The molecule has 7 heteroatoms. The van der Waals surface area contributed by atoms with E-state index >= 15 is 0 Å². The first-order chi connectivity index (χ1) is 16.5. The van der Waals surface area contributed by atoms with Crippen LogP contribution in [0.15, 0.2) is 54.3 Å². The molecule has 0 bridgehead atoms. The molecule has 0 saturated carbocycles. The van der Waals surface area contributed by atoms with Crippen LogP contribution in [0.2, 0.25) is 0 Å². The van der Waals surface area contributed by atoms with E-state index in [-0.39, 0.29) is 11.5 Å². The molecule has 1 heterocycles. The lowest BCUT2D eigenvalue weighted by atomic mass is 10.1. The summed E-state index contributed by atoms with van der Waals surface area (Å²) in [5.41, 5.74) is 2.83. The van der Waals surface area contributed by atoms with Gasteiger partial charge in [-0.25, -0.2) is 0 Å². The quantitative estimate of drug-likeness (QED) is 0.425. The predicted molar refractivity (Wildman–Crippen MR) is 128 cm³/mol. The van der Waals surface area contributed by atoms with Gasteiger partial charge in [-0.3, -0.25) is 4.79 Å². The van der Waals surface area contributed by atoms with Crippen LogP contribution in [0.25, 0.3) is 6.08 Å². The van der Waals surface area contributed by atoms with E-state index in [1.807, 2.05) is 31.2 Å². The number of ketones is 1. The Morgan fingerprint density at radius 1 is 0.824 bits per heavy atom. The molecule has 4 rings (SSSR count). The number of carbonyl (C=O) groups is 1. The lowest BCUT2D eigenvalue weighted by Gasteiger charge is -2.13. The monoisotopic (exact) mass is 462 g/mol. The summed E-state index contributed by atoms with van der Waals surface area (Å²) in [6, 6.07) is 14.7. The highest BCUT2D eigenvalue weighted by Gasteiger charge is 2.30. The number of Topliss-reactive ketones (excluding diaryl/α,β-unsaturated/α-hetero) is 1. The zero-order valence-electron chi connectivity index (χ0n) is 19.8. The second kappa shape index (κ2) is 9.79. The van der Waals surface area contributed by atoms with Crippen LogP contribution in [0.3, 0.4) is 0 Å². The van der Waals surface area contributed by atoms with E-state index in [1.54, 1.807) is 37.5 Å². The van der Waals surface area contributed by atoms with Crippen LogP contribution in [0.1, 0.15) is 27.0 Å². The average Bonchev–Trinajstić information content (AvgIpc) is 3.18. The molecule has 0 radical (unpaired) electrons. The summed E-state index contributed by atoms with van der Waals surface area (Å²) in [4.78, 5) is 13.0. The number of hydrogen-bond donors (Lipinski definition) is 0. The zero-order chi connectivity index (χ0) is 24.2. The molecule has 0 spiro atoms. The van der Waals surface area contributed by atoms with Crippen molar-refractivity contribution in [2.45, 2.75) is 13.5 Å². The molecule has 7 nitrogen and oxygen atoms in total. The van der Waals surface area contributed by atoms with Crippen molar-refractivity contribution in [3.63, 3.8) is 0 Å². The maximum absolute atomic E-state index is 13.0. The Hall–Kier alpha value is -4.13. The molecule has 1 aliphatic heterocycles. The van der Waals surface area contributed by atoms with Gasteiger partial charge in [0.2, 0.25) is 11.5 Å². The fourth-order valence-corrected chi connectivity index (χ4v) is 3.84. The van der Waals surface area contributed by atoms with Crippen molar-refractivity contribution in [2.75, 3.05) is 28.4 Å². The molecule has 3 aromatic carbocycles. The van der Waals surface area contributed by atoms with Gasteiger partial charge in [-0.05, 0) is 48.9 Å². The molecule has 0 amide bonds. The van der Waals surface area contributed by atoms with Crippen LogP contribution in [0.5, 0.6) is 34.5 Å². The molecule has 0 fully saturated rings. The SMILES string of the molecule is COc1ccccc1COc1ccc2c(c1C)O/C(=C\c1cc(OC)c(OC)c(OC)c1)C2=O. The Kier molecular flexibility index (Phi) is 6.63. The Bertz CT molecular complexity index is 1230. The molecular formula is C27H26O7. The van der Waals surface area contributed by atoms with Gasteiger partial charge in [0.25, 0.3) is 0 Å². The first-order valence-corrected chi connectivity index (χ1v) is 10.6. The number of ether oxygens (including phenoxy) is 6. The molecule has 0 N–H and O–H groups in total. The highest BCUT2D eigenvalue weighted by Crippen LogP contribution is 2.42. The zero-order valence-corrected chi connectivity index (χ0v) is 19.8. The van der Waals surface area contributed by atoms with Crippen molar-refractivity contribution in [3.05, 3.63) is 76.5 Å². The van der Waals surface area contributed by atoms with Crippen molar-refractivity contribution in [3.8, 4) is 34.5 Å². The highest BCUT2D eigenvalue weighted by molar-refractivity contribution is 6.15. The summed E-state index contributed by atoms with van der Waals surface area (Å²) in [5.74, 6) is 3.31. The van der Waals surface area contributed by atoms with Crippen LogP contribution in [-0.2, 0) is 6.61 Å². The van der Waals surface area contributed by atoms with Crippen molar-refractivity contribution < 1.29 is 33.2 Å². The number of hydrogen-bond acceptors (Lipinski definition) is 7. The van der Waals surface area contributed by atoms with E-state index in [4.69, 9.17) is 28.4 Å². The van der Waals surface area contributed by atoms with Gasteiger partial charge in [0, 0.05) is 11.1 Å². The summed E-state index contributed by atoms with van der Waals surface area (Å²) < 4.78 is 33.6. The molecule has 34 heavy (non-hydrogen) atoms. The summed E-state index contributed by atoms with van der Waals surface area (Å²) in [6.45, 7) is 2.19. The highest BCUT2D eigenvalue weighted by atomic mass is 16.5. The van der Waals surface area contributed by atoms with E-state index in [2.05, 4.69) is 0 Å². The maximum Gasteiger partial charge on any atom is 0.231 e. The summed E-state index contributed by atoms with van der Waals surface area (Å²) in [7, 11) is 6.24. The van der Waals surface area contributed by atoms with Gasteiger partial charge in [0.15, 0.2) is 17.3 Å². The summed E-state index contributed by atoms with van der Waals surface area (Å²) >= 11 is 0. The molecular weight excluding hydrogens is 436 g/mol. The molecule has 176 valence electrons. The summed E-state index contributed by atoms with van der Waals surface area (Å²) in [5, 5.41) is 0. The van der Waals surface area contributed by atoms with E-state index in [9.17, 15) is 4.79 Å². The molecule has 0 aromatic heterocycles. The van der Waals surface area contributed by atoms with Gasteiger partial charge in [0.1, 0.15) is 23.9 Å². The largest absolute Gasteiger partial charge is 0.496 e. The van der Waals surface area contributed by atoms with Crippen molar-refractivity contribution in [1.82, 2.24) is 0 Å². The van der Waals surface area contributed by atoms with Crippen molar-refractivity contribution >= 4 is 11.9 Å². The molecule has 3 aromatic rings. The minimum atomic E-state index is -0.205. The Morgan fingerprint density at radius 3 is 2.15 bits per heavy atom. The van der Waals surface area contributed by atoms with Gasteiger partial charge < -0.3 is 28.4 Å². The molecule has 0 aliphatic carbocycles. The third kappa shape index (κ3) is 4.24. The van der Waals surface area contributed by atoms with Gasteiger partial charge in [-0.2, -0.15) is 0 Å². The van der Waals surface area contributed by atoms with Crippen molar-refractivity contribution in [2.24, 2.45) is 0 Å². The number of carbonyl (C=O) groups excluding carboxylic acids is 1. The molecule has 0 unspecified atom stereocenters. The van der Waals surface area contributed by atoms with E-state index < -0.39 is 0 Å². The van der Waals surface area contributed by atoms with E-state index in [1.165, 1.54) is 21.3 Å². The van der Waals surface area contributed by atoms with Gasteiger partial charge in [-0.1, -0.05) is 18.2 Å². The normalized spacial score (nSPS) is 13.3. The molecule has 1 aliphatic rings. The van der Waals surface area contributed by atoms with Crippen molar-refractivity contribution in [1.29, 1.82) is 0 Å². The fraction of sp³-hybridized carbons (Fsp3) is 0.222. The first-order valence-electron chi connectivity index (χ1n) is 10.6. The first kappa shape index (κ1) is 23.0. The van der Waals surface area contributed by atoms with Gasteiger partial charge >= 0.3 is 0 Å². The van der Waals surface area contributed by atoms with Crippen LogP contribution in [0, 0.1) is 6.92 Å². The van der Waals surface area contributed by atoms with Crippen LogP contribution in [-0.4, -0.2) is 34.2 Å². The van der Waals surface area contributed by atoms with E-state index in [0.717, 1.165) is 16.9 Å². The lowest BCUT2D eigenvalue weighted by Crippen LogP contribution is -2.00. The predicted octanol–water partition coefficient (Wildman–Crippen LogP) is 5.22. The van der Waals surface area contributed by atoms with Gasteiger partial charge in [-0.15, -0.1) is 0 Å². The second-order valence-corrected chi connectivity index (χ2v) is 7.56. The average molecular weight is 462 g/mol. The number of fused-ring (bicyclic) bond motifs is 1. The minimum Gasteiger partial charge on any atom is -0.496 e. The third-order valence-corrected chi connectivity index (χ3v) is 5.60. The second-order valence-electron chi connectivity index (χ2n) is 7.56. The summed E-state index contributed by atoms with van der Waals surface area (Å²) in [6.07, 6.45) is 1.65. The third-order valence-electron chi connectivity index (χ3n) is 5.60. The standard InChI is InChI=1S/C27H26O7/c1-16-20(33-15-18-8-6-7-9-21(18)29-2)11-10-19-25(28)22(34-26(16)19)12-17-13-23(30-3)27(32-5)24(14-17)31-4/h6-14H,15H2,1-5H3/b22-12-. The van der Waals surface area contributed by atoms with Gasteiger partial charge in [0.05, 0.1) is 34.0 Å². The number of allylic oxidation sites excluding steroid dienone is 1. The number of rotatable bonds is 8.